The molecule has 0 radical (unpaired) electrons. The van der Waals surface area contributed by atoms with Crippen LogP contribution >= 0.6 is 11.8 Å². The summed E-state index contributed by atoms with van der Waals surface area (Å²) in [6, 6.07) is 28.0. The van der Waals surface area contributed by atoms with E-state index in [1.807, 2.05) is 67.6 Å². The number of nitrogens with zero attached hydrogens (tertiary/aromatic N) is 2. The summed E-state index contributed by atoms with van der Waals surface area (Å²) in [6.45, 7) is 2.25. The van der Waals surface area contributed by atoms with Crippen molar-refractivity contribution in [3.63, 3.8) is 0 Å². The molecule has 1 aliphatic rings. The second-order valence-electron chi connectivity index (χ2n) is 7.00. The predicted molar refractivity (Wildman–Crippen MR) is 128 cm³/mol. The Morgan fingerprint density at radius 2 is 1.58 bits per heavy atom. The minimum absolute atomic E-state index is 0.0178. The summed E-state index contributed by atoms with van der Waals surface area (Å²) in [5.41, 5.74) is 3.89. The fourth-order valence-corrected chi connectivity index (χ4v) is 4.00. The van der Waals surface area contributed by atoms with Crippen molar-refractivity contribution in [3.05, 3.63) is 90.5 Å². The summed E-state index contributed by atoms with van der Waals surface area (Å²) in [7, 11) is 0. The first-order chi connectivity index (χ1) is 15.2. The third-order valence-corrected chi connectivity index (χ3v) is 6.09. The molecule has 31 heavy (non-hydrogen) atoms. The number of amides is 1. The predicted octanol–water partition coefficient (Wildman–Crippen LogP) is 5.13. The van der Waals surface area contributed by atoms with Crippen LogP contribution in [0.15, 0.2) is 95.1 Å². The van der Waals surface area contributed by atoms with Crippen molar-refractivity contribution in [3.8, 4) is 16.9 Å². The average Bonchev–Trinajstić information content (AvgIpc) is 3.20. The van der Waals surface area contributed by atoms with Gasteiger partial charge in [0.15, 0.2) is 5.17 Å². The molecule has 0 aromatic heterocycles. The summed E-state index contributed by atoms with van der Waals surface area (Å²) in [6.07, 6.45) is 0.754. The third-order valence-electron chi connectivity index (χ3n) is 4.85. The maximum absolute atomic E-state index is 11.9. The first kappa shape index (κ1) is 20.9. The molecular weight excluding hydrogens is 406 g/mol. The second-order valence-corrected chi connectivity index (χ2v) is 8.19. The van der Waals surface area contributed by atoms with E-state index in [1.165, 1.54) is 11.8 Å². The lowest BCUT2D eigenvalue weighted by atomic mass is 10.0. The normalized spacial score (nSPS) is 17.6. The van der Waals surface area contributed by atoms with Crippen LogP contribution in [0.1, 0.15) is 18.9 Å². The van der Waals surface area contributed by atoms with Crippen molar-refractivity contribution < 1.29 is 9.53 Å². The average molecular weight is 430 g/mol. The quantitative estimate of drug-likeness (QED) is 0.418. The number of carbonyl (C=O) groups excluding carboxylic acids is 1. The Balaban J connectivity index is 1.58. The van der Waals surface area contributed by atoms with E-state index in [0.717, 1.165) is 28.9 Å². The second kappa shape index (κ2) is 10.1. The van der Waals surface area contributed by atoms with Crippen LogP contribution in [0.5, 0.6) is 5.75 Å². The molecule has 3 aromatic carbocycles. The van der Waals surface area contributed by atoms with E-state index in [2.05, 4.69) is 39.8 Å². The van der Waals surface area contributed by atoms with Crippen molar-refractivity contribution in [1.29, 1.82) is 0 Å². The summed E-state index contributed by atoms with van der Waals surface area (Å²) < 4.78 is 5.92. The molecule has 1 fully saturated rings. The van der Waals surface area contributed by atoms with Crippen molar-refractivity contribution in [2.45, 2.75) is 18.6 Å². The highest BCUT2D eigenvalue weighted by Gasteiger charge is 2.28. The van der Waals surface area contributed by atoms with Gasteiger partial charge in [0.2, 0.25) is 5.91 Å². The maximum atomic E-state index is 11.9. The smallest absolute Gasteiger partial charge is 0.239 e. The Morgan fingerprint density at radius 3 is 2.23 bits per heavy atom. The number of thioether (sulfide) groups is 1. The lowest BCUT2D eigenvalue weighted by molar-refractivity contribution is -0.118. The van der Waals surface area contributed by atoms with Crippen LogP contribution < -0.4 is 10.1 Å². The molecule has 1 heterocycles. The minimum Gasteiger partial charge on any atom is -0.487 e. The van der Waals surface area contributed by atoms with E-state index in [4.69, 9.17) is 4.74 Å². The molecule has 1 saturated heterocycles. The van der Waals surface area contributed by atoms with Gasteiger partial charge in [-0.05, 0) is 29.7 Å². The molecular formula is C25H23N3O2S. The van der Waals surface area contributed by atoms with E-state index < -0.39 is 0 Å². The van der Waals surface area contributed by atoms with Crippen molar-refractivity contribution in [2.24, 2.45) is 10.2 Å². The van der Waals surface area contributed by atoms with Gasteiger partial charge in [0, 0.05) is 5.56 Å². The topological polar surface area (TPSA) is 63.1 Å². The molecule has 1 atom stereocenters. The van der Waals surface area contributed by atoms with Crippen molar-refractivity contribution in [2.75, 3.05) is 6.61 Å². The van der Waals surface area contributed by atoms with E-state index >= 15 is 0 Å². The van der Waals surface area contributed by atoms with Gasteiger partial charge >= 0.3 is 0 Å². The van der Waals surface area contributed by atoms with Gasteiger partial charge in [0.25, 0.3) is 0 Å². The van der Waals surface area contributed by atoms with Crippen molar-refractivity contribution in [1.82, 2.24) is 5.32 Å². The number of carbonyl (C=O) groups is 1. The molecule has 1 unspecified atom stereocenters. The van der Waals surface area contributed by atoms with Crippen LogP contribution in [0.3, 0.4) is 0 Å². The first-order valence-corrected chi connectivity index (χ1v) is 11.1. The van der Waals surface area contributed by atoms with Gasteiger partial charge in [-0.15, -0.1) is 10.2 Å². The Hall–Kier alpha value is -3.38. The maximum Gasteiger partial charge on any atom is 0.239 e. The number of benzene rings is 3. The number of ether oxygens (including phenoxy) is 1. The third kappa shape index (κ3) is 5.41. The minimum atomic E-state index is -0.108. The Labute approximate surface area is 186 Å². The Morgan fingerprint density at radius 1 is 0.935 bits per heavy atom. The Bertz CT molecular complexity index is 1080. The molecule has 5 nitrogen and oxygen atoms in total. The molecule has 4 rings (SSSR count). The summed E-state index contributed by atoms with van der Waals surface area (Å²) in [5.74, 6) is 0.745. The molecule has 0 spiro atoms. The lowest BCUT2D eigenvalue weighted by Crippen LogP contribution is -2.24. The van der Waals surface area contributed by atoms with Crippen molar-refractivity contribution >= 4 is 28.5 Å². The molecule has 1 aliphatic heterocycles. The SMILES string of the molecule is CCC1SC(=N/N=C(/COc2ccccc2)c2ccc(-c3ccccc3)cc2)NC1=O. The van der Waals surface area contributed by atoms with E-state index in [-0.39, 0.29) is 17.8 Å². The highest BCUT2D eigenvalue weighted by Crippen LogP contribution is 2.23. The zero-order chi connectivity index (χ0) is 21.5. The summed E-state index contributed by atoms with van der Waals surface area (Å²) in [4.78, 5) is 11.9. The molecule has 1 amide bonds. The van der Waals surface area contributed by atoms with Gasteiger partial charge in [-0.2, -0.15) is 0 Å². The van der Waals surface area contributed by atoms with Gasteiger partial charge in [-0.25, -0.2) is 0 Å². The molecule has 156 valence electrons. The van der Waals surface area contributed by atoms with E-state index in [1.54, 1.807) is 0 Å². The fraction of sp³-hybridized carbons (Fsp3) is 0.160. The zero-order valence-corrected chi connectivity index (χ0v) is 18.0. The molecule has 3 aromatic rings. The van der Waals surface area contributed by atoms with Gasteiger partial charge in [-0.3, -0.25) is 4.79 Å². The number of rotatable bonds is 7. The van der Waals surface area contributed by atoms with Crippen LogP contribution in [0.4, 0.5) is 0 Å². The number of amidine groups is 1. The summed E-state index contributed by atoms with van der Waals surface area (Å²) in [5, 5.41) is 11.9. The standard InChI is InChI=1S/C25H23N3O2S/c1-2-23-24(29)26-25(31-23)28-27-22(17-30-21-11-7-4-8-12-21)20-15-13-19(14-16-20)18-9-5-3-6-10-18/h3-16,23H,2,17H2,1H3,(H,26,28,29)/b27-22-. The molecule has 1 N–H and O–H groups in total. The van der Waals surface area contributed by atoms with Gasteiger partial charge < -0.3 is 10.1 Å². The number of nitrogens with one attached hydrogen (secondary N) is 1. The van der Waals surface area contributed by atoms with Gasteiger partial charge in [0.1, 0.15) is 18.1 Å². The number of hydrogen-bond acceptors (Lipinski definition) is 5. The first-order valence-electron chi connectivity index (χ1n) is 10.2. The largest absolute Gasteiger partial charge is 0.487 e. The molecule has 0 bridgehead atoms. The number of para-hydroxylation sites is 1. The molecule has 0 saturated carbocycles. The van der Waals surface area contributed by atoms with Crippen LogP contribution in [0.2, 0.25) is 0 Å². The Kier molecular flexibility index (Phi) is 6.79. The number of hydrogen-bond donors (Lipinski definition) is 1. The molecule has 0 aliphatic carbocycles. The van der Waals surface area contributed by atoms with Gasteiger partial charge in [0.05, 0.1) is 5.25 Å². The highest BCUT2D eigenvalue weighted by atomic mass is 32.2. The molecule has 6 heteroatoms. The fourth-order valence-electron chi connectivity index (χ4n) is 3.15. The monoisotopic (exact) mass is 429 g/mol. The van der Waals surface area contributed by atoms with Crippen LogP contribution in [0.25, 0.3) is 11.1 Å². The van der Waals surface area contributed by atoms with E-state index in [9.17, 15) is 4.79 Å². The van der Waals surface area contributed by atoms with E-state index in [0.29, 0.717) is 10.9 Å². The van der Waals surface area contributed by atoms with Crippen LogP contribution in [-0.4, -0.2) is 28.6 Å². The van der Waals surface area contributed by atoms with Gasteiger partial charge in [-0.1, -0.05) is 91.5 Å². The highest BCUT2D eigenvalue weighted by molar-refractivity contribution is 8.15. The van der Waals surface area contributed by atoms with Crippen LogP contribution in [0, 0.1) is 0 Å². The lowest BCUT2D eigenvalue weighted by Gasteiger charge is -2.09. The van der Waals surface area contributed by atoms with Crippen LogP contribution in [-0.2, 0) is 4.79 Å². The summed E-state index contributed by atoms with van der Waals surface area (Å²) >= 11 is 1.41. The zero-order valence-electron chi connectivity index (χ0n) is 17.2.